The molecule has 2 unspecified atom stereocenters. The van der Waals surface area contributed by atoms with Gasteiger partial charge in [0, 0.05) is 94.8 Å². The summed E-state index contributed by atoms with van der Waals surface area (Å²) in [5.41, 5.74) is 14.1. The monoisotopic (exact) mass is 1410 g/mol. The van der Waals surface area contributed by atoms with E-state index in [0.29, 0.717) is 60.1 Å². The number of likely N-dealkylation sites (tertiary alicyclic amines) is 2. The third-order valence-corrected chi connectivity index (χ3v) is 18.9. The van der Waals surface area contributed by atoms with Crippen molar-refractivity contribution in [3.63, 3.8) is 0 Å². The molecule has 22 heteroatoms. The van der Waals surface area contributed by atoms with Crippen molar-refractivity contribution in [3.05, 3.63) is 172 Å². The number of methoxy groups -OCH3 is 3. The Morgan fingerprint density at radius 2 is 1.05 bits per heavy atom. The molecule has 4 aromatic carbocycles. The van der Waals surface area contributed by atoms with Crippen LogP contribution in [-0.4, -0.2) is 128 Å². The molecule has 0 saturated carbocycles. The first-order valence-corrected chi connectivity index (χ1v) is 34.8. The van der Waals surface area contributed by atoms with Gasteiger partial charge in [0.05, 0.1) is 58.0 Å². The molecule has 17 nitrogen and oxygen atoms in total. The highest BCUT2D eigenvalue weighted by Gasteiger charge is 2.38. The lowest BCUT2D eigenvalue weighted by Crippen LogP contribution is -2.52. The third kappa shape index (κ3) is 21.5. The van der Waals surface area contributed by atoms with E-state index < -0.39 is 70.9 Å². The smallest absolute Gasteiger partial charge is 0.416 e. The number of nitrogens with two attached hydrogens (primary N) is 1. The van der Waals surface area contributed by atoms with E-state index in [9.17, 15) is 51.4 Å². The zero-order valence-electron chi connectivity index (χ0n) is 61.8. The molecule has 4 heterocycles. The van der Waals surface area contributed by atoms with Crippen LogP contribution in [0.5, 0.6) is 11.5 Å². The number of hydrogen-bond donors (Lipinski definition) is 2. The fourth-order valence-corrected chi connectivity index (χ4v) is 13.6. The number of carbonyl (C=O) groups excluding carboxylic acids is 3. The van der Waals surface area contributed by atoms with Gasteiger partial charge in [-0.15, -0.1) is 0 Å². The average molecular weight is 1410 g/mol. The molecule has 8 rings (SSSR count). The number of pyridine rings is 2. The summed E-state index contributed by atoms with van der Waals surface area (Å²) in [4.78, 5) is 80.7. The lowest BCUT2D eigenvalue weighted by atomic mass is 9.83. The Bertz CT molecular complexity index is 4000. The molecule has 0 radical (unpaired) electrons. The summed E-state index contributed by atoms with van der Waals surface area (Å²) in [7, 11) is 4.77. The zero-order chi connectivity index (χ0) is 75.1. The maximum absolute atomic E-state index is 16.2. The molecule has 2 aliphatic heterocycles. The summed E-state index contributed by atoms with van der Waals surface area (Å²) < 4.78 is 102. The number of rotatable bonds is 29. The summed E-state index contributed by atoms with van der Waals surface area (Å²) in [5.74, 6) is -2.20. The number of carboxylic acids is 1. The number of carbonyl (C=O) groups is 4. The van der Waals surface area contributed by atoms with Crippen LogP contribution in [0.2, 0.25) is 0 Å². The fraction of sp³-hybridized carbons (Fsp3) is 0.519. The minimum absolute atomic E-state index is 0.0000153. The predicted molar refractivity (Wildman–Crippen MR) is 383 cm³/mol. The average Bonchev–Trinajstić information content (AvgIpc) is 0.792. The molecule has 2 saturated heterocycles. The van der Waals surface area contributed by atoms with E-state index in [1.54, 1.807) is 85.6 Å². The van der Waals surface area contributed by atoms with Crippen LogP contribution in [0.3, 0.4) is 0 Å². The summed E-state index contributed by atoms with van der Waals surface area (Å²) in [6.07, 6.45) is -1.13. The Balaban J connectivity index is 0.000000271. The Morgan fingerprint density at radius 1 is 0.594 bits per heavy atom. The molecular formula is C79H104F5N5O12. The molecular weight excluding hydrogens is 1310 g/mol. The van der Waals surface area contributed by atoms with Gasteiger partial charge in [-0.3, -0.25) is 28.9 Å². The van der Waals surface area contributed by atoms with E-state index in [1.807, 2.05) is 91.5 Å². The van der Waals surface area contributed by atoms with Crippen LogP contribution in [0, 0.1) is 77.9 Å². The van der Waals surface area contributed by atoms with Crippen molar-refractivity contribution in [2.24, 2.45) is 23.5 Å². The highest BCUT2D eigenvalue weighted by molar-refractivity contribution is 5.85. The molecule has 3 N–H and O–H groups in total. The van der Waals surface area contributed by atoms with Crippen LogP contribution >= 0.6 is 0 Å². The third-order valence-electron chi connectivity index (χ3n) is 18.9. The number of hydrogen-bond acceptors (Lipinski definition) is 14. The largest absolute Gasteiger partial charge is 0.496 e. The first kappa shape index (κ1) is 81.9. The van der Waals surface area contributed by atoms with E-state index in [4.69, 9.17) is 29.4 Å². The van der Waals surface area contributed by atoms with Crippen LogP contribution in [0.4, 0.5) is 22.0 Å². The second kappa shape index (κ2) is 36.7. The van der Waals surface area contributed by atoms with Gasteiger partial charge in [0.15, 0.2) is 5.78 Å². The number of benzene rings is 4. The second-order valence-electron chi connectivity index (χ2n) is 27.8. The number of alkyl halides is 3. The zero-order valence-corrected chi connectivity index (χ0v) is 61.8. The standard InChI is InChI=1S/C40H50F4N2O6.C21H26FNO3.C18H28N2O3/c1-9-52-37(49)18-28(31-16-29(15-25(5)39(31)41)38-24(4)10-11-35(51-8)26(38)6)17-34(47)33(14-23(2)3)46-20-27(12-13-45-21-30(22-45)50-7)32(19-36(46)48)40(42,43)44;1-6-26-19(24)11-17(23)16-10-15(9-13(3)21(16)22)20-12(2)7-8-18(25-5)14(20)4;1-12(2)7-16(18(22)23)20-11-15(14(4)8-17(20)21)5-6-19-9-13(3)10-19/h10-11,15-16,19-20,23,28,30,33H,9,12-14,17-18,21-22H2,1-8H3;7-10,17H,6,11,23H2,1-5H3;8,11-13,16H,5-7,9-10H2,1-4H3,(H,22,23)/t28-,33?;17-;/m00./s1. The van der Waals surface area contributed by atoms with Crippen molar-refractivity contribution in [1.82, 2.24) is 18.9 Å². The van der Waals surface area contributed by atoms with Crippen LogP contribution in [0.25, 0.3) is 22.3 Å². The van der Waals surface area contributed by atoms with Crippen LogP contribution < -0.4 is 26.3 Å². The molecule has 2 aromatic heterocycles. The predicted octanol–water partition coefficient (Wildman–Crippen LogP) is 14.5. The quantitative estimate of drug-likeness (QED) is 0.0330. The van der Waals surface area contributed by atoms with E-state index in [2.05, 4.69) is 11.8 Å². The van der Waals surface area contributed by atoms with Gasteiger partial charge in [0.2, 0.25) is 0 Å². The van der Waals surface area contributed by atoms with Gasteiger partial charge in [0.25, 0.3) is 11.1 Å². The van der Waals surface area contributed by atoms with Crippen molar-refractivity contribution in [2.75, 3.05) is 73.8 Å². The lowest BCUT2D eigenvalue weighted by molar-refractivity contribution is -0.144. The number of carboxylic acid groups (broad SMARTS) is 1. The minimum Gasteiger partial charge on any atom is -0.496 e. The highest BCUT2D eigenvalue weighted by Crippen LogP contribution is 2.41. The van der Waals surface area contributed by atoms with Crippen LogP contribution in [0.15, 0.2) is 82.6 Å². The molecule has 4 atom stereocenters. The number of esters is 2. The maximum atomic E-state index is 16.2. The van der Waals surface area contributed by atoms with Gasteiger partial charge in [-0.2, -0.15) is 13.2 Å². The first-order valence-electron chi connectivity index (χ1n) is 34.8. The van der Waals surface area contributed by atoms with Gasteiger partial charge in [-0.05, 0) is 220 Å². The number of aliphatic carboxylic acids is 1. The molecule has 6 aromatic rings. The van der Waals surface area contributed by atoms with Crippen molar-refractivity contribution < 1.29 is 69.9 Å². The van der Waals surface area contributed by atoms with E-state index in [0.717, 1.165) is 98.6 Å². The highest BCUT2D eigenvalue weighted by atomic mass is 19.4. The Labute approximate surface area is 591 Å². The summed E-state index contributed by atoms with van der Waals surface area (Å²) in [6.45, 7) is 31.3. The number of aryl methyl sites for hydroxylation is 5. The van der Waals surface area contributed by atoms with Gasteiger partial charge in [-0.25, -0.2) is 13.6 Å². The molecule has 101 heavy (non-hydrogen) atoms. The number of ether oxygens (including phenoxy) is 5. The Kier molecular flexibility index (Phi) is 29.8. The topological polar surface area (TPSA) is 211 Å². The number of Topliss-reactive ketones (excluding diaryl/α,β-unsaturated/α-hetero) is 1. The molecule has 0 aliphatic carbocycles. The summed E-state index contributed by atoms with van der Waals surface area (Å²) >= 11 is 0. The molecule has 2 aliphatic rings. The van der Waals surface area contributed by atoms with Crippen molar-refractivity contribution in [1.29, 1.82) is 0 Å². The SMILES string of the molecule is CCOC(=O)C[C@H](CC(=O)C(CC(C)C)n1cc(CCN2CC(OC)C2)c(C(F)(F)F)cc1=O)c1cc(-c2c(C)ccc(OC)c2C)cc(C)c1F.CCOC(=O)C[C@H](N)c1cc(-c2c(C)ccc(OC)c2C)cc(C)c1F.Cc1cc(=O)n(C(CC(C)C)C(=O)O)cc1CCN1CC(C)C1. The molecule has 2 fully saturated rings. The minimum atomic E-state index is -4.78. The summed E-state index contributed by atoms with van der Waals surface area (Å²) in [6, 6.07) is 13.9. The van der Waals surface area contributed by atoms with Crippen LogP contribution in [-0.2, 0) is 52.4 Å². The first-order chi connectivity index (χ1) is 47.5. The van der Waals surface area contributed by atoms with E-state index in [1.165, 1.54) is 4.57 Å². The number of nitrogens with zero attached hydrogens (tertiary/aromatic N) is 4. The van der Waals surface area contributed by atoms with Gasteiger partial charge < -0.3 is 48.6 Å². The molecule has 0 bridgehead atoms. The lowest BCUT2D eigenvalue weighted by Gasteiger charge is -2.38. The van der Waals surface area contributed by atoms with Gasteiger partial charge >= 0.3 is 24.1 Å². The molecule has 552 valence electrons. The van der Waals surface area contributed by atoms with Crippen molar-refractivity contribution >= 4 is 23.7 Å². The summed E-state index contributed by atoms with van der Waals surface area (Å²) in [5, 5.41) is 9.49. The van der Waals surface area contributed by atoms with E-state index in [-0.39, 0.29) is 85.8 Å². The van der Waals surface area contributed by atoms with E-state index >= 15 is 4.39 Å². The Hall–Kier alpha value is -8.05. The number of halogens is 5. The normalized spacial score (nSPS) is 14.7. The molecule has 0 amide bonds. The second-order valence-corrected chi connectivity index (χ2v) is 27.8. The van der Waals surface area contributed by atoms with Crippen molar-refractivity contribution in [2.45, 2.75) is 178 Å². The maximum Gasteiger partial charge on any atom is 0.416 e. The number of ketones is 1. The molecule has 0 spiro atoms. The number of aromatic nitrogens is 2. The van der Waals surface area contributed by atoms with Gasteiger partial charge in [0.1, 0.15) is 29.2 Å². The van der Waals surface area contributed by atoms with Crippen molar-refractivity contribution in [3.8, 4) is 33.8 Å². The van der Waals surface area contributed by atoms with Crippen LogP contribution in [0.1, 0.15) is 171 Å². The van der Waals surface area contributed by atoms with Gasteiger partial charge in [-0.1, -0.05) is 46.8 Å². The fourth-order valence-electron chi connectivity index (χ4n) is 13.6. The Morgan fingerprint density at radius 3 is 1.52 bits per heavy atom.